The summed E-state index contributed by atoms with van der Waals surface area (Å²) in [7, 11) is 0. The summed E-state index contributed by atoms with van der Waals surface area (Å²) in [6.07, 6.45) is -0.174. The molecule has 0 bridgehead atoms. The van der Waals surface area contributed by atoms with Crippen molar-refractivity contribution in [1.82, 2.24) is 10.6 Å². The number of carboxylic acid groups (broad SMARTS) is 1. The van der Waals surface area contributed by atoms with Crippen LogP contribution in [0.15, 0.2) is 24.3 Å². The predicted octanol–water partition coefficient (Wildman–Crippen LogP) is 0.794. The number of aliphatic carboxylic acids is 1. The molecule has 1 aromatic carbocycles. The van der Waals surface area contributed by atoms with Gasteiger partial charge in [-0.25, -0.2) is 0 Å². The van der Waals surface area contributed by atoms with Gasteiger partial charge in [0, 0.05) is 6.04 Å². The van der Waals surface area contributed by atoms with Crippen LogP contribution in [0.2, 0.25) is 0 Å². The van der Waals surface area contributed by atoms with Crippen molar-refractivity contribution in [2.24, 2.45) is 0 Å². The molecule has 0 spiro atoms. The third-order valence-electron chi connectivity index (χ3n) is 2.73. The normalized spacial score (nSPS) is 11.4. The summed E-state index contributed by atoms with van der Waals surface area (Å²) < 4.78 is 5.35. The Morgan fingerprint density at radius 1 is 1.27 bits per heavy atom. The van der Waals surface area contributed by atoms with Crippen LogP contribution in [0.4, 0.5) is 0 Å². The largest absolute Gasteiger partial charge is 0.493 e. The molecule has 0 aliphatic heterocycles. The Balaban J connectivity index is 2.52. The first-order chi connectivity index (χ1) is 10.4. The fourth-order valence-corrected chi connectivity index (χ4v) is 1.83. The average molecular weight is 308 g/mol. The monoisotopic (exact) mass is 308 g/mol. The molecule has 0 heterocycles. The number of hydrogen-bond acceptors (Lipinski definition) is 4. The lowest BCUT2D eigenvalue weighted by Gasteiger charge is -2.13. The molecule has 7 heteroatoms. The van der Waals surface area contributed by atoms with Crippen LogP contribution in [0.5, 0.6) is 5.75 Å². The van der Waals surface area contributed by atoms with Gasteiger partial charge < -0.3 is 20.5 Å². The Hall–Kier alpha value is -2.57. The van der Waals surface area contributed by atoms with Crippen molar-refractivity contribution in [3.05, 3.63) is 29.8 Å². The molecule has 22 heavy (non-hydrogen) atoms. The molecule has 0 aromatic heterocycles. The minimum absolute atomic E-state index is 0.174. The van der Waals surface area contributed by atoms with Gasteiger partial charge in [-0.05, 0) is 26.0 Å². The fourth-order valence-electron chi connectivity index (χ4n) is 1.83. The molecule has 1 unspecified atom stereocenters. The van der Waals surface area contributed by atoms with Gasteiger partial charge in [0.2, 0.25) is 5.91 Å². The number of carbonyl (C=O) groups is 3. The second-order valence-corrected chi connectivity index (χ2v) is 4.68. The number of ether oxygens (including phenoxy) is 1. The van der Waals surface area contributed by atoms with Crippen LogP contribution >= 0.6 is 0 Å². The number of para-hydroxylation sites is 1. The summed E-state index contributed by atoms with van der Waals surface area (Å²) in [5, 5.41) is 13.6. The molecular weight excluding hydrogens is 288 g/mol. The van der Waals surface area contributed by atoms with Crippen molar-refractivity contribution in [1.29, 1.82) is 0 Å². The van der Waals surface area contributed by atoms with Crippen molar-refractivity contribution in [2.75, 3.05) is 13.2 Å². The van der Waals surface area contributed by atoms with Crippen molar-refractivity contribution >= 4 is 17.8 Å². The number of amides is 2. The quantitative estimate of drug-likeness (QED) is 0.658. The number of carboxylic acids is 1. The van der Waals surface area contributed by atoms with E-state index in [2.05, 4.69) is 10.6 Å². The highest BCUT2D eigenvalue weighted by Crippen LogP contribution is 2.17. The maximum atomic E-state index is 12.0. The number of benzene rings is 1. The van der Waals surface area contributed by atoms with Crippen LogP contribution in [-0.2, 0) is 9.59 Å². The standard InChI is InChI=1S/C15H20N2O5/c1-3-22-12-7-5-4-6-11(12)15(21)16-9-13(18)17-10(2)8-14(19)20/h4-7,10H,3,8-9H2,1-2H3,(H,16,21)(H,17,18)(H,19,20). The number of nitrogens with one attached hydrogen (secondary N) is 2. The van der Waals surface area contributed by atoms with Crippen LogP contribution in [0.3, 0.4) is 0 Å². The summed E-state index contributed by atoms with van der Waals surface area (Å²) >= 11 is 0. The van der Waals surface area contributed by atoms with Gasteiger partial charge in [0.1, 0.15) is 5.75 Å². The van der Waals surface area contributed by atoms with E-state index >= 15 is 0 Å². The molecule has 7 nitrogen and oxygen atoms in total. The summed E-state index contributed by atoms with van der Waals surface area (Å²) in [6.45, 7) is 3.59. The van der Waals surface area contributed by atoms with Gasteiger partial charge in [-0.3, -0.25) is 14.4 Å². The Kier molecular flexibility index (Phi) is 6.88. The average Bonchev–Trinajstić information content (AvgIpc) is 2.44. The van der Waals surface area contributed by atoms with Gasteiger partial charge in [-0.2, -0.15) is 0 Å². The third-order valence-corrected chi connectivity index (χ3v) is 2.73. The molecule has 1 atom stereocenters. The minimum Gasteiger partial charge on any atom is -0.493 e. The van der Waals surface area contributed by atoms with Crippen LogP contribution in [0.1, 0.15) is 30.6 Å². The minimum atomic E-state index is -0.998. The second kappa shape index (κ2) is 8.66. The van der Waals surface area contributed by atoms with E-state index in [1.165, 1.54) is 0 Å². The second-order valence-electron chi connectivity index (χ2n) is 4.68. The maximum Gasteiger partial charge on any atom is 0.305 e. The topological polar surface area (TPSA) is 105 Å². The van der Waals surface area contributed by atoms with Gasteiger partial charge in [0.05, 0.1) is 25.1 Å². The van der Waals surface area contributed by atoms with Gasteiger partial charge in [-0.1, -0.05) is 12.1 Å². The molecule has 0 radical (unpaired) electrons. The van der Waals surface area contributed by atoms with Gasteiger partial charge >= 0.3 is 5.97 Å². The van der Waals surface area contributed by atoms with E-state index in [0.29, 0.717) is 17.9 Å². The molecule has 120 valence electrons. The first-order valence-corrected chi connectivity index (χ1v) is 6.95. The highest BCUT2D eigenvalue weighted by molar-refractivity contribution is 5.98. The predicted molar refractivity (Wildman–Crippen MR) is 79.8 cm³/mol. The number of carbonyl (C=O) groups excluding carboxylic acids is 2. The van der Waals surface area contributed by atoms with E-state index in [4.69, 9.17) is 9.84 Å². The molecule has 1 aromatic rings. The van der Waals surface area contributed by atoms with Crippen molar-refractivity contribution in [3.8, 4) is 5.75 Å². The van der Waals surface area contributed by atoms with Gasteiger partial charge in [-0.15, -0.1) is 0 Å². The van der Waals surface area contributed by atoms with Gasteiger partial charge in [0.25, 0.3) is 5.91 Å². The highest BCUT2D eigenvalue weighted by Gasteiger charge is 2.14. The van der Waals surface area contributed by atoms with Crippen LogP contribution in [-0.4, -0.2) is 42.1 Å². The van der Waals surface area contributed by atoms with E-state index < -0.39 is 23.8 Å². The molecule has 0 saturated heterocycles. The Labute approximate surface area is 128 Å². The zero-order valence-corrected chi connectivity index (χ0v) is 12.6. The molecule has 0 saturated carbocycles. The van der Waals surface area contributed by atoms with E-state index in [9.17, 15) is 14.4 Å². The molecule has 3 N–H and O–H groups in total. The summed E-state index contributed by atoms with van der Waals surface area (Å²) in [5.41, 5.74) is 0.343. The number of rotatable bonds is 8. The maximum absolute atomic E-state index is 12.0. The van der Waals surface area contributed by atoms with Crippen LogP contribution in [0.25, 0.3) is 0 Å². The molecular formula is C15H20N2O5. The number of hydrogen-bond donors (Lipinski definition) is 3. The van der Waals surface area contributed by atoms with Crippen molar-refractivity contribution in [2.45, 2.75) is 26.3 Å². The Morgan fingerprint density at radius 3 is 2.59 bits per heavy atom. The Morgan fingerprint density at radius 2 is 1.95 bits per heavy atom. The summed E-state index contributed by atoms with van der Waals surface area (Å²) in [4.78, 5) is 34.2. The molecule has 0 aliphatic carbocycles. The van der Waals surface area contributed by atoms with Crippen molar-refractivity contribution in [3.63, 3.8) is 0 Å². The highest BCUT2D eigenvalue weighted by atomic mass is 16.5. The molecule has 2 amide bonds. The molecule has 0 fully saturated rings. The van der Waals surface area contributed by atoms with E-state index in [0.717, 1.165) is 0 Å². The lowest BCUT2D eigenvalue weighted by Crippen LogP contribution is -2.41. The van der Waals surface area contributed by atoms with E-state index in [1.54, 1.807) is 31.2 Å². The first kappa shape index (κ1) is 17.5. The van der Waals surface area contributed by atoms with Crippen LogP contribution < -0.4 is 15.4 Å². The molecule has 0 aliphatic rings. The summed E-state index contributed by atoms with van der Waals surface area (Å²) in [6, 6.07) is 6.23. The van der Waals surface area contributed by atoms with E-state index in [1.807, 2.05) is 6.92 Å². The Bertz CT molecular complexity index is 544. The lowest BCUT2D eigenvalue weighted by atomic mass is 10.2. The zero-order valence-electron chi connectivity index (χ0n) is 12.6. The SMILES string of the molecule is CCOc1ccccc1C(=O)NCC(=O)NC(C)CC(=O)O. The fraction of sp³-hybridized carbons (Fsp3) is 0.400. The van der Waals surface area contributed by atoms with E-state index in [-0.39, 0.29) is 13.0 Å². The lowest BCUT2D eigenvalue weighted by molar-refractivity contribution is -0.137. The molecule has 1 rings (SSSR count). The first-order valence-electron chi connectivity index (χ1n) is 6.95. The zero-order chi connectivity index (χ0) is 16.5. The summed E-state index contributed by atoms with van der Waals surface area (Å²) in [5.74, 6) is -1.43. The third kappa shape index (κ3) is 5.82. The smallest absolute Gasteiger partial charge is 0.305 e. The van der Waals surface area contributed by atoms with Crippen LogP contribution in [0, 0.1) is 0 Å². The van der Waals surface area contributed by atoms with Gasteiger partial charge in [0.15, 0.2) is 0 Å². The van der Waals surface area contributed by atoms with Crippen molar-refractivity contribution < 1.29 is 24.2 Å².